The minimum absolute atomic E-state index is 0.117. The van der Waals surface area contributed by atoms with Crippen LogP contribution >= 0.6 is 0 Å². The SMILES string of the molecule is CCNC(=O)CNC(=O)COC(=O)C1(c2ccccc2)CCCC1. The van der Waals surface area contributed by atoms with E-state index in [1.54, 1.807) is 6.92 Å². The van der Waals surface area contributed by atoms with Crippen LogP contribution in [0.25, 0.3) is 0 Å². The highest BCUT2D eigenvalue weighted by atomic mass is 16.5. The van der Waals surface area contributed by atoms with Crippen molar-refractivity contribution in [1.82, 2.24) is 10.6 Å². The first-order chi connectivity index (χ1) is 11.6. The number of rotatable bonds is 7. The van der Waals surface area contributed by atoms with Crippen LogP contribution in [0.1, 0.15) is 38.2 Å². The average Bonchev–Trinajstić information content (AvgIpc) is 3.10. The van der Waals surface area contributed by atoms with Crippen LogP contribution in [0, 0.1) is 0 Å². The van der Waals surface area contributed by atoms with Gasteiger partial charge in [-0.3, -0.25) is 14.4 Å². The Bertz CT molecular complexity index is 580. The summed E-state index contributed by atoms with van der Waals surface area (Å²) < 4.78 is 5.26. The van der Waals surface area contributed by atoms with Crippen molar-refractivity contribution in [3.8, 4) is 0 Å². The normalized spacial score (nSPS) is 15.5. The van der Waals surface area contributed by atoms with Crippen molar-refractivity contribution in [2.75, 3.05) is 19.7 Å². The van der Waals surface area contributed by atoms with Crippen molar-refractivity contribution >= 4 is 17.8 Å². The van der Waals surface area contributed by atoms with E-state index < -0.39 is 11.3 Å². The zero-order valence-electron chi connectivity index (χ0n) is 14.0. The molecular formula is C18H24N2O4. The molecule has 0 bridgehead atoms. The van der Waals surface area contributed by atoms with Crippen molar-refractivity contribution in [3.05, 3.63) is 35.9 Å². The maximum atomic E-state index is 12.6. The molecule has 2 N–H and O–H groups in total. The van der Waals surface area contributed by atoms with Gasteiger partial charge in [0.15, 0.2) is 6.61 Å². The highest BCUT2D eigenvalue weighted by Crippen LogP contribution is 2.42. The highest BCUT2D eigenvalue weighted by Gasteiger charge is 2.44. The molecule has 0 heterocycles. The number of likely N-dealkylation sites (N-methyl/N-ethyl adjacent to an activating group) is 1. The van der Waals surface area contributed by atoms with Gasteiger partial charge in [0.25, 0.3) is 5.91 Å². The smallest absolute Gasteiger partial charge is 0.317 e. The summed E-state index contributed by atoms with van der Waals surface area (Å²) in [5, 5.41) is 5.01. The number of esters is 1. The first-order valence-electron chi connectivity index (χ1n) is 8.34. The Morgan fingerprint density at radius 1 is 1.04 bits per heavy atom. The summed E-state index contributed by atoms with van der Waals surface area (Å²) in [5.41, 5.74) is 0.288. The Kier molecular flexibility index (Phi) is 6.35. The van der Waals surface area contributed by atoms with E-state index in [9.17, 15) is 14.4 Å². The number of ether oxygens (including phenoxy) is 1. The molecule has 0 spiro atoms. The summed E-state index contributed by atoms with van der Waals surface area (Å²) in [6.45, 7) is 1.82. The van der Waals surface area contributed by atoms with E-state index in [1.807, 2.05) is 30.3 Å². The largest absolute Gasteiger partial charge is 0.455 e. The molecule has 6 nitrogen and oxygen atoms in total. The van der Waals surface area contributed by atoms with Crippen LogP contribution in [0.4, 0.5) is 0 Å². The highest BCUT2D eigenvalue weighted by molar-refractivity contribution is 5.88. The van der Waals surface area contributed by atoms with Crippen molar-refractivity contribution < 1.29 is 19.1 Å². The van der Waals surface area contributed by atoms with Gasteiger partial charge >= 0.3 is 5.97 Å². The molecule has 1 aliphatic rings. The molecule has 2 rings (SSSR count). The lowest BCUT2D eigenvalue weighted by molar-refractivity contribution is -0.154. The number of hydrogen-bond donors (Lipinski definition) is 2. The van der Waals surface area contributed by atoms with Crippen molar-refractivity contribution in [1.29, 1.82) is 0 Å². The topological polar surface area (TPSA) is 84.5 Å². The van der Waals surface area contributed by atoms with Gasteiger partial charge in [-0.05, 0) is 25.3 Å². The van der Waals surface area contributed by atoms with E-state index in [0.29, 0.717) is 6.54 Å². The van der Waals surface area contributed by atoms with Crippen molar-refractivity contribution in [2.24, 2.45) is 0 Å². The summed E-state index contributed by atoms with van der Waals surface area (Å²) in [6, 6.07) is 9.58. The number of benzene rings is 1. The molecule has 1 saturated carbocycles. The molecule has 1 fully saturated rings. The van der Waals surface area contributed by atoms with Crippen LogP contribution in [-0.2, 0) is 24.5 Å². The van der Waals surface area contributed by atoms with E-state index in [-0.39, 0.29) is 25.0 Å². The summed E-state index contributed by atoms with van der Waals surface area (Å²) in [5.74, 6) is -1.11. The molecule has 0 radical (unpaired) electrons. The van der Waals surface area contributed by atoms with Crippen LogP contribution in [0.15, 0.2) is 30.3 Å². The summed E-state index contributed by atoms with van der Waals surface area (Å²) in [4.78, 5) is 35.7. The molecule has 0 unspecified atom stereocenters. The standard InChI is InChI=1S/C18H24N2O4/c1-2-19-15(21)12-20-16(22)13-24-17(23)18(10-6-7-11-18)14-8-4-3-5-9-14/h3-5,8-9H,2,6-7,10-13H2,1H3,(H,19,21)(H,20,22). The van der Waals surface area contributed by atoms with E-state index in [2.05, 4.69) is 10.6 Å². The molecular weight excluding hydrogens is 308 g/mol. The maximum Gasteiger partial charge on any atom is 0.317 e. The Labute approximate surface area is 142 Å². The molecule has 0 saturated heterocycles. The molecule has 1 aliphatic carbocycles. The molecule has 0 aromatic heterocycles. The van der Waals surface area contributed by atoms with Gasteiger partial charge in [-0.2, -0.15) is 0 Å². The summed E-state index contributed by atoms with van der Waals surface area (Å²) in [7, 11) is 0. The van der Waals surface area contributed by atoms with Gasteiger partial charge in [0, 0.05) is 6.54 Å². The van der Waals surface area contributed by atoms with Crippen LogP contribution in [-0.4, -0.2) is 37.5 Å². The minimum Gasteiger partial charge on any atom is -0.455 e. The lowest BCUT2D eigenvalue weighted by atomic mass is 9.79. The lowest BCUT2D eigenvalue weighted by Gasteiger charge is -2.27. The van der Waals surface area contributed by atoms with Crippen LogP contribution in [0.3, 0.4) is 0 Å². The van der Waals surface area contributed by atoms with E-state index in [1.165, 1.54) is 0 Å². The average molecular weight is 332 g/mol. The molecule has 130 valence electrons. The third-order valence-corrected chi connectivity index (χ3v) is 4.33. The Morgan fingerprint density at radius 2 is 1.71 bits per heavy atom. The van der Waals surface area contributed by atoms with Crippen LogP contribution < -0.4 is 10.6 Å². The first-order valence-corrected chi connectivity index (χ1v) is 8.34. The Hall–Kier alpha value is -2.37. The number of amides is 2. The van der Waals surface area contributed by atoms with Gasteiger partial charge in [0.05, 0.1) is 12.0 Å². The zero-order valence-corrected chi connectivity index (χ0v) is 14.0. The monoisotopic (exact) mass is 332 g/mol. The summed E-state index contributed by atoms with van der Waals surface area (Å²) in [6.07, 6.45) is 3.40. The predicted molar refractivity (Wildman–Crippen MR) is 89.2 cm³/mol. The van der Waals surface area contributed by atoms with Gasteiger partial charge in [-0.25, -0.2) is 0 Å². The quantitative estimate of drug-likeness (QED) is 0.737. The van der Waals surface area contributed by atoms with E-state index in [4.69, 9.17) is 4.74 Å². The Morgan fingerprint density at radius 3 is 2.33 bits per heavy atom. The molecule has 0 aliphatic heterocycles. The molecule has 1 aromatic carbocycles. The number of hydrogen-bond acceptors (Lipinski definition) is 4. The van der Waals surface area contributed by atoms with E-state index in [0.717, 1.165) is 31.2 Å². The number of nitrogens with one attached hydrogen (secondary N) is 2. The second-order valence-corrected chi connectivity index (χ2v) is 5.96. The third kappa shape index (κ3) is 4.34. The maximum absolute atomic E-state index is 12.6. The van der Waals surface area contributed by atoms with Crippen LogP contribution in [0.5, 0.6) is 0 Å². The number of carbonyl (C=O) groups is 3. The molecule has 2 amide bonds. The van der Waals surface area contributed by atoms with Crippen molar-refractivity contribution in [2.45, 2.75) is 38.0 Å². The Balaban J connectivity index is 1.90. The molecule has 6 heteroatoms. The number of carbonyl (C=O) groups excluding carboxylic acids is 3. The fraction of sp³-hybridized carbons (Fsp3) is 0.500. The molecule has 24 heavy (non-hydrogen) atoms. The van der Waals surface area contributed by atoms with E-state index >= 15 is 0 Å². The molecule has 0 atom stereocenters. The lowest BCUT2D eigenvalue weighted by Crippen LogP contribution is -2.40. The van der Waals surface area contributed by atoms with Crippen LogP contribution in [0.2, 0.25) is 0 Å². The van der Waals surface area contributed by atoms with Gasteiger partial charge in [-0.15, -0.1) is 0 Å². The molecule has 1 aromatic rings. The second kappa shape index (κ2) is 8.47. The minimum atomic E-state index is -0.652. The van der Waals surface area contributed by atoms with Gasteiger partial charge in [0.1, 0.15) is 0 Å². The zero-order chi connectivity index (χ0) is 17.4. The van der Waals surface area contributed by atoms with Gasteiger partial charge in [0.2, 0.25) is 5.91 Å². The van der Waals surface area contributed by atoms with Gasteiger partial charge in [-0.1, -0.05) is 43.2 Å². The first kappa shape index (κ1) is 18.0. The summed E-state index contributed by atoms with van der Waals surface area (Å²) >= 11 is 0. The second-order valence-electron chi connectivity index (χ2n) is 5.96. The van der Waals surface area contributed by atoms with Crippen molar-refractivity contribution in [3.63, 3.8) is 0 Å². The third-order valence-electron chi connectivity index (χ3n) is 4.33. The van der Waals surface area contributed by atoms with Gasteiger partial charge < -0.3 is 15.4 Å². The fourth-order valence-corrected chi connectivity index (χ4v) is 3.11. The fourth-order valence-electron chi connectivity index (χ4n) is 3.11. The predicted octanol–water partition coefficient (Wildman–Crippen LogP) is 1.29.